The van der Waals surface area contributed by atoms with E-state index in [4.69, 9.17) is 9.72 Å². The maximum Gasteiger partial charge on any atom is 0.410 e. The average molecular weight is 533 g/mol. The first-order chi connectivity index (χ1) is 17.6. The lowest BCUT2D eigenvalue weighted by Gasteiger charge is -2.31. The van der Waals surface area contributed by atoms with Crippen LogP contribution in [0, 0.1) is 6.92 Å². The summed E-state index contributed by atoms with van der Waals surface area (Å²) in [4.78, 5) is 35.8. The van der Waals surface area contributed by atoms with Crippen LogP contribution in [0.1, 0.15) is 56.7 Å². The Morgan fingerprint density at radius 3 is 2.62 bits per heavy atom. The first kappa shape index (κ1) is 27.5. The molecule has 2 saturated heterocycles. The molecule has 0 aliphatic carbocycles. The smallest absolute Gasteiger partial charge is 0.410 e. The molecule has 0 radical (unpaired) electrons. The van der Waals surface area contributed by atoms with Crippen LogP contribution >= 0.6 is 12.6 Å². The van der Waals surface area contributed by atoms with Crippen molar-refractivity contribution in [2.24, 2.45) is 0 Å². The van der Waals surface area contributed by atoms with Gasteiger partial charge in [-0.3, -0.25) is 9.89 Å². The molecule has 2 aliphatic heterocycles. The largest absolute Gasteiger partial charge is 0.444 e. The number of aromatic amines is 1. The highest BCUT2D eigenvalue weighted by molar-refractivity contribution is 7.81. The van der Waals surface area contributed by atoms with Gasteiger partial charge in [0.1, 0.15) is 11.8 Å². The molecule has 0 unspecified atom stereocenters. The topological polar surface area (TPSA) is 97.9 Å². The number of anilines is 1. The zero-order valence-corrected chi connectivity index (χ0v) is 23.6. The second-order valence-electron chi connectivity index (χ2n) is 11.0. The fraction of sp³-hybridized carbons (Fsp3) is 0.692. The highest BCUT2D eigenvalue weighted by Crippen LogP contribution is 2.21. The average Bonchev–Trinajstić information content (AvgIpc) is 3.46. The van der Waals surface area contributed by atoms with Gasteiger partial charge < -0.3 is 24.8 Å². The van der Waals surface area contributed by atoms with Crippen molar-refractivity contribution >= 4 is 36.1 Å². The molecular formula is C26H42N7O3S+. The summed E-state index contributed by atoms with van der Waals surface area (Å²) in [6, 6.07) is 2.31. The van der Waals surface area contributed by atoms with Crippen LogP contribution in [0.4, 0.5) is 10.6 Å². The van der Waals surface area contributed by atoms with E-state index in [0.29, 0.717) is 44.9 Å². The molecule has 2 aliphatic rings. The molecule has 2 fully saturated rings. The molecule has 0 saturated carbocycles. The summed E-state index contributed by atoms with van der Waals surface area (Å²) >= 11 is 4.53. The number of nitrogens with one attached hydrogen (secondary N) is 2. The molecule has 2 N–H and O–H groups in total. The van der Waals surface area contributed by atoms with E-state index in [2.05, 4.69) is 43.0 Å². The number of H-pyrrole nitrogens is 1. The number of piperidine rings is 1. The number of likely N-dealkylation sites (tertiary alicyclic amines) is 2. The number of carbonyl (C=O) groups is 2. The molecule has 4 rings (SSSR count). The minimum Gasteiger partial charge on any atom is -0.444 e. The van der Waals surface area contributed by atoms with E-state index < -0.39 is 0 Å². The summed E-state index contributed by atoms with van der Waals surface area (Å²) in [5.74, 6) is 1.44. The molecule has 11 heteroatoms. The van der Waals surface area contributed by atoms with Gasteiger partial charge in [0.15, 0.2) is 0 Å². The number of aryl methyl sites for hydroxylation is 1. The first-order valence-corrected chi connectivity index (χ1v) is 13.9. The number of fused-ring (bicyclic) bond motifs is 1. The molecular weight excluding hydrogens is 490 g/mol. The normalized spacial score (nSPS) is 19.7. The minimum absolute atomic E-state index is 0.00109. The molecule has 4 heterocycles. The molecule has 37 heavy (non-hydrogen) atoms. The highest BCUT2D eigenvalue weighted by atomic mass is 32.1. The first-order valence-electron chi connectivity index (χ1n) is 13.3. The Balaban J connectivity index is 1.25. The lowest BCUT2D eigenvalue weighted by Crippen LogP contribution is -2.45. The number of nitrogens with zero attached hydrogens (tertiary/aromatic N) is 5. The van der Waals surface area contributed by atoms with Gasteiger partial charge in [-0.05, 0) is 39.8 Å². The summed E-state index contributed by atoms with van der Waals surface area (Å²) in [7, 11) is 3.94. The number of hydrogen-bond donors (Lipinski definition) is 3. The fourth-order valence-electron chi connectivity index (χ4n) is 5.18. The third-order valence-corrected chi connectivity index (χ3v) is 7.51. The van der Waals surface area contributed by atoms with Gasteiger partial charge in [-0.1, -0.05) is 13.8 Å². The molecule has 0 spiro atoms. The molecule has 2 amide bonds. The van der Waals surface area contributed by atoms with Crippen LogP contribution in [0.15, 0.2) is 12.3 Å². The van der Waals surface area contributed by atoms with E-state index in [-0.39, 0.29) is 29.4 Å². The fourth-order valence-corrected chi connectivity index (χ4v) is 5.66. The van der Waals surface area contributed by atoms with E-state index in [1.165, 1.54) is 5.56 Å². The lowest BCUT2D eigenvalue weighted by molar-refractivity contribution is -0.564. The Morgan fingerprint density at radius 2 is 1.95 bits per heavy atom. The lowest BCUT2D eigenvalue weighted by atomic mass is 10.1. The molecule has 10 nitrogen and oxygen atoms in total. The zero-order chi connectivity index (χ0) is 26.7. The van der Waals surface area contributed by atoms with Gasteiger partial charge in [-0.25, -0.2) is 4.79 Å². The Labute approximate surface area is 225 Å². The number of carbonyl (C=O) groups excluding carboxylic acids is 2. The predicted molar refractivity (Wildman–Crippen MR) is 146 cm³/mol. The Bertz CT molecular complexity index is 1100. The van der Waals surface area contributed by atoms with Crippen LogP contribution in [0.25, 0.3) is 5.65 Å². The van der Waals surface area contributed by atoms with Gasteiger partial charge in [0.2, 0.25) is 11.7 Å². The van der Waals surface area contributed by atoms with Gasteiger partial charge in [-0.2, -0.15) is 12.6 Å². The van der Waals surface area contributed by atoms with E-state index in [1.54, 1.807) is 9.80 Å². The number of amides is 2. The van der Waals surface area contributed by atoms with Crippen LogP contribution in [-0.4, -0.2) is 101 Å². The number of ether oxygens (including phenoxy) is 1. The Kier molecular flexibility index (Phi) is 8.84. The number of hydrogen-bond acceptors (Lipinski definition) is 7. The highest BCUT2D eigenvalue weighted by Gasteiger charge is 2.33. The Morgan fingerprint density at radius 1 is 1.24 bits per heavy atom. The summed E-state index contributed by atoms with van der Waals surface area (Å²) in [5, 5.41) is 6.98. The summed E-state index contributed by atoms with van der Waals surface area (Å²) in [6.45, 7) is 9.46. The molecule has 2 atom stereocenters. The summed E-state index contributed by atoms with van der Waals surface area (Å²) in [6.07, 6.45) is 4.25. The number of rotatable bonds is 8. The molecule has 0 bridgehead atoms. The molecule has 2 aromatic heterocycles. The van der Waals surface area contributed by atoms with Crippen molar-refractivity contribution < 1.29 is 18.8 Å². The van der Waals surface area contributed by atoms with Gasteiger partial charge in [-0.15, -0.1) is 9.50 Å². The monoisotopic (exact) mass is 532 g/mol. The van der Waals surface area contributed by atoms with Crippen molar-refractivity contribution in [3.05, 3.63) is 23.5 Å². The van der Waals surface area contributed by atoms with Crippen molar-refractivity contribution in [2.45, 2.75) is 69.8 Å². The van der Waals surface area contributed by atoms with E-state index in [1.807, 2.05) is 36.6 Å². The maximum atomic E-state index is 12.8. The predicted octanol–water partition coefficient (Wildman–Crippen LogP) is 2.44. The van der Waals surface area contributed by atoms with Crippen molar-refractivity contribution in [1.29, 1.82) is 0 Å². The van der Waals surface area contributed by atoms with Crippen molar-refractivity contribution in [2.75, 3.05) is 52.1 Å². The van der Waals surface area contributed by atoms with Crippen LogP contribution in [0.3, 0.4) is 0 Å². The Hall–Kier alpha value is -2.53. The van der Waals surface area contributed by atoms with Crippen molar-refractivity contribution in [1.82, 2.24) is 24.8 Å². The number of thiol groups is 1. The number of aromatic nitrogens is 3. The molecule has 0 aromatic carbocycles. The molecule has 204 valence electrons. The van der Waals surface area contributed by atoms with Crippen LogP contribution < -0.4 is 9.83 Å². The maximum absolute atomic E-state index is 12.8. The quantitative estimate of drug-likeness (QED) is 0.357. The standard InChI is InChI=1S/C26H41N7O3S/c1-17(2)22-14-27-33-23(12-18(3)28-25(22)33)29-19-6-9-31(10-7-19)26(35)36-20-8-11-32(15-20)24(34)13-21(37)16-30(4)5/h12,14,17,19-21H,6-11,13,15-16H2,1-5H3,(H2,27,28,29,37)/p+1/t20-,21+/m0/s1. The summed E-state index contributed by atoms with van der Waals surface area (Å²) in [5.41, 5.74) is 3.11. The van der Waals surface area contributed by atoms with Gasteiger partial charge in [0, 0.05) is 50.5 Å². The second kappa shape index (κ2) is 11.9. The minimum atomic E-state index is -0.278. The summed E-state index contributed by atoms with van der Waals surface area (Å²) < 4.78 is 7.79. The van der Waals surface area contributed by atoms with E-state index in [9.17, 15) is 9.59 Å². The van der Waals surface area contributed by atoms with E-state index in [0.717, 1.165) is 36.5 Å². The second-order valence-corrected chi connectivity index (χ2v) is 11.7. The van der Waals surface area contributed by atoms with Crippen LogP contribution in [0.5, 0.6) is 0 Å². The van der Waals surface area contributed by atoms with Gasteiger partial charge in [0.05, 0.1) is 24.2 Å². The third kappa shape index (κ3) is 6.87. The zero-order valence-electron chi connectivity index (χ0n) is 22.7. The van der Waals surface area contributed by atoms with Crippen molar-refractivity contribution in [3.8, 4) is 0 Å². The third-order valence-electron chi connectivity index (χ3n) is 7.17. The van der Waals surface area contributed by atoms with Gasteiger partial charge >= 0.3 is 6.09 Å². The van der Waals surface area contributed by atoms with E-state index >= 15 is 0 Å². The van der Waals surface area contributed by atoms with Gasteiger partial charge in [0.25, 0.3) is 5.65 Å². The van der Waals surface area contributed by atoms with Crippen molar-refractivity contribution in [3.63, 3.8) is 0 Å². The SMILES string of the molecule is Cc1cc(NC2CCN(C(=O)O[C@H]3CCN(C(=O)C[C@@H](S)CN(C)C)C3)CC2)[n+]2[nH]cc(C(C)C)c2n1. The van der Waals surface area contributed by atoms with Crippen LogP contribution in [0.2, 0.25) is 0 Å². The molecule has 2 aromatic rings. The van der Waals surface area contributed by atoms with Crippen LogP contribution in [-0.2, 0) is 9.53 Å².